The minimum atomic E-state index is -0.420. The highest BCUT2D eigenvalue weighted by Crippen LogP contribution is 2.20. The van der Waals surface area contributed by atoms with Gasteiger partial charge in [0.1, 0.15) is 6.10 Å². The van der Waals surface area contributed by atoms with Crippen LogP contribution in [-0.4, -0.2) is 5.97 Å². The molecule has 0 fully saturated rings. The average molecular weight is 286 g/mol. The van der Waals surface area contributed by atoms with Gasteiger partial charge in [0.15, 0.2) is 0 Å². The maximum atomic E-state index is 12.0. The first-order chi connectivity index (χ1) is 9.60. The maximum absolute atomic E-state index is 12.0. The van der Waals surface area contributed by atoms with E-state index in [1.54, 1.807) is 43.3 Å². The van der Waals surface area contributed by atoms with Gasteiger partial charge in [-0.3, -0.25) is 0 Å². The van der Waals surface area contributed by atoms with Crippen molar-refractivity contribution in [1.82, 2.24) is 0 Å². The Morgan fingerprint density at radius 2 is 1.75 bits per heavy atom. The zero-order valence-corrected chi connectivity index (χ0v) is 11.6. The van der Waals surface area contributed by atoms with Gasteiger partial charge >= 0.3 is 5.97 Å². The van der Waals surface area contributed by atoms with E-state index in [9.17, 15) is 4.79 Å². The Balaban J connectivity index is 2.06. The third-order valence-electron chi connectivity index (χ3n) is 2.87. The molecule has 1 atom stereocenters. The number of carbonyl (C=O) groups excluding carboxylic acids is 1. The lowest BCUT2D eigenvalue weighted by Crippen LogP contribution is -2.09. The van der Waals surface area contributed by atoms with Gasteiger partial charge in [-0.2, -0.15) is 5.26 Å². The van der Waals surface area contributed by atoms with Crippen molar-refractivity contribution in [3.8, 4) is 6.07 Å². The van der Waals surface area contributed by atoms with Gasteiger partial charge in [0, 0.05) is 5.02 Å². The van der Waals surface area contributed by atoms with Gasteiger partial charge < -0.3 is 4.74 Å². The van der Waals surface area contributed by atoms with Crippen molar-refractivity contribution in [2.24, 2.45) is 0 Å². The fourth-order valence-electron chi connectivity index (χ4n) is 1.71. The third kappa shape index (κ3) is 3.37. The lowest BCUT2D eigenvalue weighted by molar-refractivity contribution is 0.0338. The number of hydrogen-bond acceptors (Lipinski definition) is 3. The van der Waals surface area contributed by atoms with E-state index in [1.165, 1.54) is 0 Å². The summed E-state index contributed by atoms with van der Waals surface area (Å²) in [4.78, 5) is 12.0. The van der Waals surface area contributed by atoms with Crippen LogP contribution < -0.4 is 0 Å². The molecule has 0 aliphatic carbocycles. The van der Waals surface area contributed by atoms with Crippen LogP contribution in [-0.2, 0) is 4.74 Å². The second kappa shape index (κ2) is 6.23. The van der Waals surface area contributed by atoms with Crippen molar-refractivity contribution in [2.75, 3.05) is 0 Å². The van der Waals surface area contributed by atoms with Gasteiger partial charge in [-0.1, -0.05) is 23.7 Å². The summed E-state index contributed by atoms with van der Waals surface area (Å²) in [6.07, 6.45) is -0.365. The standard InChI is InChI=1S/C16H12ClNO2/c1-11(13-6-8-15(17)9-7-13)20-16(19)14-4-2-12(10-18)3-5-14/h2-9,11H,1H3/t11-/m1/s1. The molecule has 0 aliphatic rings. The van der Waals surface area contributed by atoms with Crippen LogP contribution in [0.4, 0.5) is 0 Å². The minimum Gasteiger partial charge on any atom is -0.454 e. The Bertz CT molecular complexity index is 642. The van der Waals surface area contributed by atoms with Gasteiger partial charge in [0.25, 0.3) is 0 Å². The number of hydrogen-bond donors (Lipinski definition) is 0. The number of rotatable bonds is 3. The molecule has 3 nitrogen and oxygen atoms in total. The van der Waals surface area contributed by atoms with Crippen LogP contribution in [0, 0.1) is 11.3 Å². The van der Waals surface area contributed by atoms with E-state index < -0.39 is 5.97 Å². The summed E-state index contributed by atoms with van der Waals surface area (Å²) in [6.45, 7) is 1.80. The van der Waals surface area contributed by atoms with E-state index >= 15 is 0 Å². The Morgan fingerprint density at radius 1 is 1.15 bits per heavy atom. The molecule has 0 unspecified atom stereocenters. The first kappa shape index (κ1) is 14.1. The van der Waals surface area contributed by atoms with Crippen LogP contribution in [0.1, 0.15) is 34.5 Å². The highest BCUT2D eigenvalue weighted by Gasteiger charge is 2.13. The minimum absolute atomic E-state index is 0.365. The fraction of sp³-hybridized carbons (Fsp3) is 0.125. The molecule has 2 aromatic rings. The van der Waals surface area contributed by atoms with Crippen LogP contribution in [0.3, 0.4) is 0 Å². The number of ether oxygens (including phenoxy) is 1. The van der Waals surface area contributed by atoms with Crippen LogP contribution in [0.5, 0.6) is 0 Å². The summed E-state index contributed by atoms with van der Waals surface area (Å²) < 4.78 is 5.37. The van der Waals surface area contributed by atoms with E-state index in [0.717, 1.165) is 5.56 Å². The molecular weight excluding hydrogens is 274 g/mol. The molecule has 0 radical (unpaired) electrons. The quantitative estimate of drug-likeness (QED) is 0.797. The number of nitrogens with zero attached hydrogens (tertiary/aromatic N) is 1. The topological polar surface area (TPSA) is 50.1 Å². The summed E-state index contributed by atoms with van der Waals surface area (Å²) in [5, 5.41) is 9.34. The molecule has 4 heteroatoms. The number of carbonyl (C=O) groups is 1. The summed E-state index contributed by atoms with van der Waals surface area (Å²) in [7, 11) is 0. The maximum Gasteiger partial charge on any atom is 0.338 e. The van der Waals surface area contributed by atoms with Gasteiger partial charge in [0.2, 0.25) is 0 Å². The van der Waals surface area contributed by atoms with E-state index in [2.05, 4.69) is 0 Å². The molecule has 0 aromatic heterocycles. The number of esters is 1. The lowest BCUT2D eigenvalue weighted by atomic mass is 10.1. The van der Waals surface area contributed by atoms with Gasteiger partial charge in [-0.15, -0.1) is 0 Å². The molecule has 0 amide bonds. The van der Waals surface area contributed by atoms with Gasteiger partial charge in [-0.05, 0) is 48.9 Å². The smallest absolute Gasteiger partial charge is 0.338 e. The molecular formula is C16H12ClNO2. The van der Waals surface area contributed by atoms with E-state index in [4.69, 9.17) is 21.6 Å². The highest BCUT2D eigenvalue weighted by atomic mass is 35.5. The second-order valence-corrected chi connectivity index (χ2v) is 4.72. The molecule has 0 aliphatic heterocycles. The molecule has 0 bridgehead atoms. The van der Waals surface area contributed by atoms with Crippen molar-refractivity contribution in [2.45, 2.75) is 13.0 Å². The van der Waals surface area contributed by atoms with Crippen molar-refractivity contribution < 1.29 is 9.53 Å². The SMILES string of the molecule is C[C@@H](OC(=O)c1ccc(C#N)cc1)c1ccc(Cl)cc1. The van der Waals surface area contributed by atoms with Gasteiger partial charge in [-0.25, -0.2) is 4.79 Å². The zero-order valence-electron chi connectivity index (χ0n) is 10.8. The van der Waals surface area contributed by atoms with E-state index in [1.807, 2.05) is 18.2 Å². The molecule has 0 heterocycles. The average Bonchev–Trinajstić information content (AvgIpc) is 2.48. The number of halogens is 1. The first-order valence-electron chi connectivity index (χ1n) is 6.07. The van der Waals surface area contributed by atoms with Crippen molar-refractivity contribution >= 4 is 17.6 Å². The predicted molar refractivity (Wildman–Crippen MR) is 76.4 cm³/mol. The molecule has 0 spiro atoms. The normalized spacial score (nSPS) is 11.4. The number of nitriles is 1. The van der Waals surface area contributed by atoms with Crippen molar-refractivity contribution in [1.29, 1.82) is 5.26 Å². The second-order valence-electron chi connectivity index (χ2n) is 4.29. The molecule has 2 aromatic carbocycles. The number of benzene rings is 2. The summed E-state index contributed by atoms with van der Waals surface area (Å²) >= 11 is 5.81. The zero-order chi connectivity index (χ0) is 14.5. The summed E-state index contributed by atoms with van der Waals surface area (Å²) in [5.74, 6) is -0.420. The van der Waals surface area contributed by atoms with E-state index in [0.29, 0.717) is 16.1 Å². The molecule has 100 valence electrons. The largest absolute Gasteiger partial charge is 0.454 e. The van der Waals surface area contributed by atoms with Crippen LogP contribution in [0.15, 0.2) is 48.5 Å². The summed E-state index contributed by atoms with van der Waals surface area (Å²) in [6, 6.07) is 15.5. The molecule has 0 saturated carbocycles. The highest BCUT2D eigenvalue weighted by molar-refractivity contribution is 6.30. The Morgan fingerprint density at radius 3 is 2.30 bits per heavy atom. The Kier molecular flexibility index (Phi) is 4.39. The van der Waals surface area contributed by atoms with Crippen molar-refractivity contribution in [3.63, 3.8) is 0 Å². The van der Waals surface area contributed by atoms with Crippen molar-refractivity contribution in [3.05, 3.63) is 70.2 Å². The molecule has 20 heavy (non-hydrogen) atoms. The molecule has 0 N–H and O–H groups in total. The predicted octanol–water partition coefficient (Wildman–Crippen LogP) is 4.13. The third-order valence-corrected chi connectivity index (χ3v) is 3.12. The molecule has 0 saturated heterocycles. The Hall–Kier alpha value is -2.31. The van der Waals surface area contributed by atoms with Gasteiger partial charge in [0.05, 0.1) is 17.2 Å². The lowest BCUT2D eigenvalue weighted by Gasteiger charge is -2.13. The molecule has 2 rings (SSSR count). The van der Waals surface area contributed by atoms with Crippen LogP contribution in [0.2, 0.25) is 5.02 Å². The van der Waals surface area contributed by atoms with E-state index in [-0.39, 0.29) is 6.10 Å². The Labute approximate surface area is 122 Å². The monoisotopic (exact) mass is 285 g/mol. The summed E-state index contributed by atoms with van der Waals surface area (Å²) in [5.41, 5.74) is 1.80. The fourth-order valence-corrected chi connectivity index (χ4v) is 1.84. The first-order valence-corrected chi connectivity index (χ1v) is 6.44. The van der Waals surface area contributed by atoms with Crippen LogP contribution in [0.25, 0.3) is 0 Å². The van der Waals surface area contributed by atoms with Crippen LogP contribution >= 0.6 is 11.6 Å².